The molecule has 1 fully saturated rings. The predicted octanol–water partition coefficient (Wildman–Crippen LogP) is 2.99. The highest BCUT2D eigenvalue weighted by atomic mass is 16.5. The summed E-state index contributed by atoms with van der Waals surface area (Å²) in [6.45, 7) is 3.03. The molecule has 2 aliphatic rings. The Balaban J connectivity index is 1.45. The van der Waals surface area contributed by atoms with E-state index in [0.29, 0.717) is 13.2 Å². The molecule has 0 unspecified atom stereocenters. The maximum atomic E-state index is 12.8. The average molecular weight is 350 g/mol. The lowest BCUT2D eigenvalue weighted by atomic mass is 9.99. The molecule has 2 atom stereocenters. The number of para-hydroxylation sites is 1. The van der Waals surface area contributed by atoms with Crippen LogP contribution in [0.3, 0.4) is 0 Å². The van der Waals surface area contributed by atoms with E-state index in [1.807, 2.05) is 55.5 Å². The van der Waals surface area contributed by atoms with Crippen LogP contribution in [0.5, 0.6) is 5.75 Å². The summed E-state index contributed by atoms with van der Waals surface area (Å²) < 4.78 is 5.65. The number of carbonyl (C=O) groups is 2. The maximum absolute atomic E-state index is 12.8. The Kier molecular flexibility index (Phi) is 4.37. The molecule has 26 heavy (non-hydrogen) atoms. The van der Waals surface area contributed by atoms with E-state index in [2.05, 4.69) is 5.32 Å². The van der Waals surface area contributed by atoms with Crippen LogP contribution in [0.15, 0.2) is 48.5 Å². The Morgan fingerprint density at radius 3 is 2.73 bits per heavy atom. The molecule has 2 aliphatic heterocycles. The number of aryl methyl sites for hydroxylation is 1. The van der Waals surface area contributed by atoms with Gasteiger partial charge in [0.05, 0.1) is 18.6 Å². The smallest absolute Gasteiger partial charge is 0.227 e. The molecule has 1 saturated heterocycles. The molecule has 0 aliphatic carbocycles. The van der Waals surface area contributed by atoms with Crippen molar-refractivity contribution in [1.82, 2.24) is 5.32 Å². The molecular formula is C21H22N2O3. The summed E-state index contributed by atoms with van der Waals surface area (Å²) in [7, 11) is 0. The number of anilines is 1. The van der Waals surface area contributed by atoms with Crippen molar-refractivity contribution in [3.63, 3.8) is 0 Å². The lowest BCUT2D eigenvalue weighted by molar-refractivity contribution is -0.127. The fourth-order valence-electron chi connectivity index (χ4n) is 3.64. The number of benzene rings is 2. The van der Waals surface area contributed by atoms with E-state index < -0.39 is 0 Å². The summed E-state index contributed by atoms with van der Waals surface area (Å²) in [6.07, 6.45) is 0.996. The number of fused-ring (bicyclic) bond motifs is 1. The van der Waals surface area contributed by atoms with Gasteiger partial charge in [-0.1, -0.05) is 35.9 Å². The Morgan fingerprint density at radius 1 is 1.15 bits per heavy atom. The van der Waals surface area contributed by atoms with Crippen molar-refractivity contribution in [2.24, 2.45) is 5.92 Å². The molecule has 0 radical (unpaired) electrons. The van der Waals surface area contributed by atoms with Gasteiger partial charge < -0.3 is 15.0 Å². The van der Waals surface area contributed by atoms with Gasteiger partial charge in [-0.15, -0.1) is 0 Å². The summed E-state index contributed by atoms with van der Waals surface area (Å²) in [5.74, 6) is 0.447. The standard InChI is InChI=1S/C21H22N2O3/c1-14-6-8-16(9-7-14)23-13-15(12-20(23)24)21(25)22-18-10-11-26-19-5-3-2-4-17(18)19/h2-9,15,18H,10-13H2,1H3,(H,22,25)/t15-,18-/m1/s1. The van der Waals surface area contributed by atoms with Crippen molar-refractivity contribution < 1.29 is 14.3 Å². The lowest BCUT2D eigenvalue weighted by Crippen LogP contribution is -2.37. The number of ether oxygens (including phenoxy) is 1. The predicted molar refractivity (Wildman–Crippen MR) is 99.1 cm³/mol. The summed E-state index contributed by atoms with van der Waals surface area (Å²) >= 11 is 0. The van der Waals surface area contributed by atoms with Gasteiger partial charge in [-0.2, -0.15) is 0 Å². The lowest BCUT2D eigenvalue weighted by Gasteiger charge is -2.27. The van der Waals surface area contributed by atoms with Crippen molar-refractivity contribution >= 4 is 17.5 Å². The molecule has 1 N–H and O–H groups in total. The first-order valence-electron chi connectivity index (χ1n) is 9.01. The number of rotatable bonds is 3. The first-order valence-corrected chi connectivity index (χ1v) is 9.01. The molecule has 4 rings (SSSR count). The number of hydrogen-bond donors (Lipinski definition) is 1. The molecule has 0 spiro atoms. The second-order valence-electron chi connectivity index (χ2n) is 6.98. The number of nitrogens with one attached hydrogen (secondary N) is 1. The third kappa shape index (κ3) is 3.17. The first-order chi connectivity index (χ1) is 12.6. The first kappa shape index (κ1) is 16.6. The highest BCUT2D eigenvalue weighted by Crippen LogP contribution is 2.32. The van der Waals surface area contributed by atoms with E-state index in [4.69, 9.17) is 4.74 Å². The minimum Gasteiger partial charge on any atom is -0.493 e. The van der Waals surface area contributed by atoms with E-state index in [1.165, 1.54) is 0 Å². The molecule has 0 aromatic heterocycles. The van der Waals surface area contributed by atoms with Crippen LogP contribution < -0.4 is 15.0 Å². The molecular weight excluding hydrogens is 328 g/mol. The zero-order valence-electron chi connectivity index (χ0n) is 14.8. The number of hydrogen-bond acceptors (Lipinski definition) is 3. The van der Waals surface area contributed by atoms with Gasteiger partial charge in [-0.25, -0.2) is 0 Å². The minimum absolute atomic E-state index is 0.00128. The van der Waals surface area contributed by atoms with Crippen LogP contribution in [-0.2, 0) is 9.59 Å². The summed E-state index contributed by atoms with van der Waals surface area (Å²) in [5, 5.41) is 3.12. The van der Waals surface area contributed by atoms with Crippen molar-refractivity contribution in [3.05, 3.63) is 59.7 Å². The topological polar surface area (TPSA) is 58.6 Å². The highest BCUT2D eigenvalue weighted by molar-refractivity contribution is 6.00. The summed E-state index contributed by atoms with van der Waals surface area (Å²) in [5.41, 5.74) is 3.01. The van der Waals surface area contributed by atoms with Gasteiger partial charge in [-0.05, 0) is 25.1 Å². The minimum atomic E-state index is -0.321. The molecule has 2 aromatic rings. The van der Waals surface area contributed by atoms with Crippen LogP contribution >= 0.6 is 0 Å². The fraction of sp³-hybridized carbons (Fsp3) is 0.333. The zero-order valence-corrected chi connectivity index (χ0v) is 14.8. The Labute approximate surface area is 153 Å². The third-order valence-corrected chi connectivity index (χ3v) is 5.12. The van der Waals surface area contributed by atoms with Gasteiger partial charge in [0.25, 0.3) is 0 Å². The van der Waals surface area contributed by atoms with Gasteiger partial charge >= 0.3 is 0 Å². The van der Waals surface area contributed by atoms with Crippen molar-refractivity contribution in [3.8, 4) is 5.75 Å². The fourth-order valence-corrected chi connectivity index (χ4v) is 3.64. The van der Waals surface area contributed by atoms with Gasteiger partial charge in [0.2, 0.25) is 11.8 Å². The second kappa shape index (κ2) is 6.83. The third-order valence-electron chi connectivity index (χ3n) is 5.12. The highest BCUT2D eigenvalue weighted by Gasteiger charge is 2.36. The summed E-state index contributed by atoms with van der Waals surface area (Å²) in [6, 6.07) is 15.6. The molecule has 5 nitrogen and oxygen atoms in total. The molecule has 0 bridgehead atoms. The van der Waals surface area contributed by atoms with Crippen LogP contribution in [0.25, 0.3) is 0 Å². The Bertz CT molecular complexity index is 831. The number of amides is 2. The largest absolute Gasteiger partial charge is 0.493 e. The van der Waals surface area contributed by atoms with Crippen molar-refractivity contribution in [2.75, 3.05) is 18.1 Å². The maximum Gasteiger partial charge on any atom is 0.227 e. The van der Waals surface area contributed by atoms with Gasteiger partial charge in [-0.3, -0.25) is 9.59 Å². The Morgan fingerprint density at radius 2 is 1.92 bits per heavy atom. The molecule has 0 saturated carbocycles. The number of nitrogens with zero attached hydrogens (tertiary/aromatic N) is 1. The van der Waals surface area contributed by atoms with Crippen LogP contribution in [0.1, 0.15) is 30.0 Å². The second-order valence-corrected chi connectivity index (χ2v) is 6.98. The number of carbonyl (C=O) groups excluding carboxylic acids is 2. The SMILES string of the molecule is Cc1ccc(N2C[C@H](C(=O)N[C@@H]3CCOc4ccccc43)CC2=O)cc1. The van der Waals surface area contributed by atoms with Gasteiger partial charge in [0.1, 0.15) is 5.75 Å². The van der Waals surface area contributed by atoms with Gasteiger partial charge in [0, 0.05) is 30.6 Å². The molecule has 5 heteroatoms. The van der Waals surface area contributed by atoms with E-state index >= 15 is 0 Å². The van der Waals surface area contributed by atoms with Crippen LogP contribution in [0.4, 0.5) is 5.69 Å². The quantitative estimate of drug-likeness (QED) is 0.926. The molecule has 2 amide bonds. The monoisotopic (exact) mass is 350 g/mol. The molecule has 2 aromatic carbocycles. The van der Waals surface area contributed by atoms with Crippen LogP contribution in [0, 0.1) is 12.8 Å². The Hall–Kier alpha value is -2.82. The van der Waals surface area contributed by atoms with E-state index in [1.54, 1.807) is 4.90 Å². The van der Waals surface area contributed by atoms with E-state index in [9.17, 15) is 9.59 Å². The van der Waals surface area contributed by atoms with Crippen molar-refractivity contribution in [1.29, 1.82) is 0 Å². The van der Waals surface area contributed by atoms with E-state index in [-0.39, 0.29) is 30.2 Å². The average Bonchev–Trinajstić information content (AvgIpc) is 3.05. The van der Waals surface area contributed by atoms with Crippen LogP contribution in [0.2, 0.25) is 0 Å². The van der Waals surface area contributed by atoms with Gasteiger partial charge in [0.15, 0.2) is 0 Å². The van der Waals surface area contributed by atoms with E-state index in [0.717, 1.165) is 29.0 Å². The van der Waals surface area contributed by atoms with Crippen molar-refractivity contribution in [2.45, 2.75) is 25.8 Å². The van der Waals surface area contributed by atoms with Crippen LogP contribution in [-0.4, -0.2) is 25.0 Å². The normalized spacial score (nSPS) is 21.9. The molecule has 134 valence electrons. The summed E-state index contributed by atoms with van der Waals surface area (Å²) in [4.78, 5) is 26.9. The zero-order chi connectivity index (χ0) is 18.1. The molecule has 2 heterocycles.